The molecule has 0 bridgehead atoms. The monoisotopic (exact) mass is 279 g/mol. The second-order valence-electron chi connectivity index (χ2n) is 2.67. The summed E-state index contributed by atoms with van der Waals surface area (Å²) in [5.74, 6) is 2.61. The summed E-state index contributed by atoms with van der Waals surface area (Å²) in [7, 11) is 0. The molecule has 0 heterocycles. The van der Waals surface area contributed by atoms with Gasteiger partial charge < -0.3 is 17.1 Å². The molecule has 4 nitrogen and oxygen atoms in total. The number of nitrogens with zero attached hydrogens (tertiary/aromatic N) is 1. The molecule has 0 spiro atoms. The van der Waals surface area contributed by atoms with Crippen molar-refractivity contribution in [2.24, 2.45) is 0 Å². The van der Waals surface area contributed by atoms with Crippen molar-refractivity contribution in [3.8, 4) is 11.7 Å². The summed E-state index contributed by atoms with van der Waals surface area (Å²) in [5, 5.41) is 10.4. The minimum absolute atomic E-state index is 0. The summed E-state index contributed by atoms with van der Waals surface area (Å²) in [6.45, 7) is 1.77. The number of benzene rings is 1. The van der Waals surface area contributed by atoms with Gasteiger partial charge in [0.05, 0.1) is 4.92 Å². The van der Waals surface area contributed by atoms with Crippen molar-refractivity contribution in [3.63, 3.8) is 0 Å². The molecule has 0 fully saturated rings. The molecule has 5 heteroatoms. The van der Waals surface area contributed by atoms with Crippen LogP contribution in [0.4, 0.5) is 5.69 Å². The molecule has 15 heavy (non-hydrogen) atoms. The Morgan fingerprint density at radius 2 is 2.27 bits per heavy atom. The maximum Gasteiger partial charge on any atom is 0.269 e. The van der Waals surface area contributed by atoms with Gasteiger partial charge in [-0.25, -0.2) is 0 Å². The Bertz CT molecular complexity index is 398. The van der Waals surface area contributed by atoms with Gasteiger partial charge in [0, 0.05) is 44.8 Å². The van der Waals surface area contributed by atoms with Crippen LogP contribution < -0.4 is 4.74 Å². The number of non-ortho nitro benzene ring substituents is 1. The Labute approximate surface area is 113 Å². The second kappa shape index (κ2) is 6.55. The normalized spacial score (nSPS) is 8.53. The predicted molar refractivity (Wildman–Crippen MR) is 50.5 cm³/mol. The van der Waals surface area contributed by atoms with Crippen molar-refractivity contribution in [3.05, 3.63) is 40.3 Å². The molecular formula is C10H8NO3Y-. The van der Waals surface area contributed by atoms with Crippen LogP contribution in [-0.4, -0.2) is 11.5 Å². The molecule has 0 amide bonds. The average molecular weight is 279 g/mol. The maximum absolute atomic E-state index is 10.4. The van der Waals surface area contributed by atoms with Gasteiger partial charge in [-0.2, -0.15) is 0 Å². The molecule has 0 N–H and O–H groups in total. The first-order valence-electron chi connectivity index (χ1n) is 3.92. The Balaban J connectivity index is 0.00000196. The van der Waals surface area contributed by atoms with Gasteiger partial charge in [-0.1, -0.05) is 0 Å². The molecule has 0 saturated heterocycles. The van der Waals surface area contributed by atoms with E-state index in [1.165, 1.54) is 18.2 Å². The third kappa shape index (κ3) is 3.98. The second-order valence-corrected chi connectivity index (χ2v) is 2.67. The summed E-state index contributed by atoms with van der Waals surface area (Å²) < 4.78 is 5.10. The molecule has 1 aromatic rings. The number of nitro benzene ring substituents is 1. The van der Waals surface area contributed by atoms with Crippen LogP contribution in [0.15, 0.2) is 18.2 Å². The van der Waals surface area contributed by atoms with Crippen LogP contribution in [-0.2, 0) is 32.7 Å². The van der Waals surface area contributed by atoms with E-state index < -0.39 is 4.92 Å². The Hall–Kier alpha value is -0.916. The van der Waals surface area contributed by atoms with Gasteiger partial charge in [-0.3, -0.25) is 10.1 Å². The molecule has 0 saturated carbocycles. The van der Waals surface area contributed by atoms with Gasteiger partial charge in [-0.15, -0.1) is 0 Å². The molecule has 0 aliphatic heterocycles. The average Bonchev–Trinajstić information content (AvgIpc) is 2.15. The zero-order chi connectivity index (χ0) is 10.6. The molecule has 1 radical (unpaired) electrons. The zero-order valence-electron chi connectivity index (χ0n) is 8.19. The first-order valence-corrected chi connectivity index (χ1v) is 3.92. The van der Waals surface area contributed by atoms with Crippen molar-refractivity contribution in [2.75, 3.05) is 6.61 Å². The van der Waals surface area contributed by atoms with Crippen molar-refractivity contribution < 1.29 is 42.4 Å². The quantitative estimate of drug-likeness (QED) is 0.367. The molecular weight excluding hydrogens is 271 g/mol. The van der Waals surface area contributed by atoms with E-state index in [9.17, 15) is 10.1 Å². The third-order valence-electron chi connectivity index (χ3n) is 1.67. The van der Waals surface area contributed by atoms with Crippen molar-refractivity contribution >= 4 is 5.69 Å². The van der Waals surface area contributed by atoms with Crippen LogP contribution in [0.3, 0.4) is 0 Å². The zero-order valence-corrected chi connectivity index (χ0v) is 11.0. The van der Waals surface area contributed by atoms with E-state index in [2.05, 4.69) is 5.92 Å². The maximum atomic E-state index is 10.4. The number of hydrogen-bond acceptors (Lipinski definition) is 3. The minimum Gasteiger partial charge on any atom is -0.690 e. The molecule has 0 unspecified atom stereocenters. The Kier molecular flexibility index (Phi) is 6.15. The van der Waals surface area contributed by atoms with Gasteiger partial charge >= 0.3 is 0 Å². The number of nitro groups is 1. The predicted octanol–water partition coefficient (Wildman–Crippen LogP) is 1.87. The number of rotatable bonds is 3. The van der Waals surface area contributed by atoms with E-state index in [1.54, 1.807) is 6.92 Å². The van der Waals surface area contributed by atoms with Crippen LogP contribution >= 0.6 is 0 Å². The van der Waals surface area contributed by atoms with Crippen molar-refractivity contribution in [1.82, 2.24) is 0 Å². The van der Waals surface area contributed by atoms with Crippen LogP contribution in [0.5, 0.6) is 5.75 Å². The fraction of sp³-hybridized carbons (Fsp3) is 0.200. The molecule has 0 atom stereocenters. The summed E-state index contributed by atoms with van der Waals surface area (Å²) in [6, 6.07) is 4.32. The number of ether oxygens (including phenoxy) is 1. The molecule has 0 aromatic heterocycles. The SMILES string of the molecule is [C-]#CCOc1ccc([N+](=O)[O-])cc1C.[Y]. The summed E-state index contributed by atoms with van der Waals surface area (Å²) in [5.41, 5.74) is 0.711. The van der Waals surface area contributed by atoms with Gasteiger partial charge in [-0.05, 0) is 18.6 Å². The van der Waals surface area contributed by atoms with Gasteiger partial charge in [0.15, 0.2) is 0 Å². The summed E-state index contributed by atoms with van der Waals surface area (Å²) >= 11 is 0. The molecule has 1 rings (SSSR count). The van der Waals surface area contributed by atoms with Crippen LogP contribution in [0.1, 0.15) is 5.56 Å². The van der Waals surface area contributed by atoms with Crippen LogP contribution in [0.2, 0.25) is 0 Å². The molecule has 1 aromatic carbocycles. The number of hydrogen-bond donors (Lipinski definition) is 0. The van der Waals surface area contributed by atoms with Gasteiger partial charge in [0.2, 0.25) is 0 Å². The van der Waals surface area contributed by atoms with Crippen LogP contribution in [0, 0.1) is 29.4 Å². The fourth-order valence-electron chi connectivity index (χ4n) is 1.02. The third-order valence-corrected chi connectivity index (χ3v) is 1.67. The van der Waals surface area contributed by atoms with E-state index in [0.717, 1.165) is 0 Å². The smallest absolute Gasteiger partial charge is 0.269 e. The Morgan fingerprint density at radius 1 is 1.60 bits per heavy atom. The standard InChI is InChI=1S/C10H8NO3.Y/c1-3-6-14-10-5-4-9(11(12)13)7-8(10)2;/h4-5,7H,6H2,2H3;/q-1;. The number of aryl methyl sites for hydroxylation is 1. The largest absolute Gasteiger partial charge is 0.690 e. The van der Waals surface area contributed by atoms with E-state index in [1.807, 2.05) is 0 Å². The topological polar surface area (TPSA) is 52.4 Å². The fourth-order valence-corrected chi connectivity index (χ4v) is 1.02. The first kappa shape index (κ1) is 14.1. The van der Waals surface area contributed by atoms with E-state index in [0.29, 0.717) is 11.3 Å². The van der Waals surface area contributed by atoms with Crippen LogP contribution in [0.25, 0.3) is 0 Å². The molecule has 75 valence electrons. The van der Waals surface area contributed by atoms with Gasteiger partial charge in [0.1, 0.15) is 12.4 Å². The molecule has 0 aliphatic carbocycles. The van der Waals surface area contributed by atoms with E-state index in [-0.39, 0.29) is 45.0 Å². The van der Waals surface area contributed by atoms with Gasteiger partial charge in [0.25, 0.3) is 5.69 Å². The van der Waals surface area contributed by atoms with Crippen molar-refractivity contribution in [1.29, 1.82) is 0 Å². The summed E-state index contributed by atoms with van der Waals surface area (Å²) in [4.78, 5) is 9.94. The minimum atomic E-state index is -0.459. The Morgan fingerprint density at radius 3 is 2.73 bits per heavy atom. The summed E-state index contributed by atoms with van der Waals surface area (Å²) in [6.07, 6.45) is 6.65. The van der Waals surface area contributed by atoms with E-state index in [4.69, 9.17) is 11.2 Å². The first-order chi connectivity index (χ1) is 6.65. The van der Waals surface area contributed by atoms with Crippen molar-refractivity contribution in [2.45, 2.75) is 6.92 Å². The van der Waals surface area contributed by atoms with E-state index >= 15 is 0 Å². The molecule has 0 aliphatic rings.